The molecule has 2 nitrogen and oxygen atoms in total. The van der Waals surface area contributed by atoms with E-state index in [1.54, 1.807) is 0 Å². The predicted molar refractivity (Wildman–Crippen MR) is 272 cm³/mol. The first-order valence-corrected chi connectivity index (χ1v) is 22.0. The van der Waals surface area contributed by atoms with Gasteiger partial charge in [0.2, 0.25) is 0 Å². The molecule has 0 saturated heterocycles. The number of hydrogen-bond acceptors (Lipinski definition) is 1. The van der Waals surface area contributed by atoms with Crippen LogP contribution in [0.15, 0.2) is 255 Å². The van der Waals surface area contributed by atoms with E-state index in [-0.39, 0.29) is 0 Å². The zero-order chi connectivity index (χ0) is 42.4. The fourth-order valence-corrected chi connectivity index (χ4v) is 9.55. The standard InChI is InChI=1S/C62H42N2/c1-2-13-43(14-3-1)46-25-27-47(28-26-46)48-33-36-54(37-34-48)63(55-19-12-20-56(42-55)64-60-23-10-8-21-58(60)59-22-9-11-24-61(59)64)62-41-52(51-31-29-44-15-4-6-17-49(44)39-51)35-38-57(62)53-32-30-45-16-5-7-18-50(45)40-53/h1-42H. The Balaban J connectivity index is 1.06. The molecule has 0 amide bonds. The van der Waals surface area contributed by atoms with Crippen LogP contribution in [0, 0.1) is 0 Å². The van der Waals surface area contributed by atoms with Gasteiger partial charge in [-0.1, -0.05) is 194 Å². The number of nitrogens with zero attached hydrogens (tertiary/aromatic N) is 2. The van der Waals surface area contributed by atoms with Crippen molar-refractivity contribution in [1.82, 2.24) is 4.57 Å². The van der Waals surface area contributed by atoms with Gasteiger partial charge < -0.3 is 9.47 Å². The Labute approximate surface area is 373 Å². The van der Waals surface area contributed by atoms with Crippen LogP contribution in [0.2, 0.25) is 0 Å². The van der Waals surface area contributed by atoms with Crippen molar-refractivity contribution in [3.8, 4) is 50.2 Å². The highest BCUT2D eigenvalue weighted by Gasteiger charge is 2.21. The number of anilines is 3. The summed E-state index contributed by atoms with van der Waals surface area (Å²) in [7, 11) is 0. The fraction of sp³-hybridized carbons (Fsp3) is 0. The van der Waals surface area contributed by atoms with Crippen molar-refractivity contribution in [2.75, 3.05) is 4.90 Å². The summed E-state index contributed by atoms with van der Waals surface area (Å²) in [5, 5.41) is 7.39. The maximum absolute atomic E-state index is 2.45. The molecule has 1 heterocycles. The molecular weight excluding hydrogens is 773 g/mol. The van der Waals surface area contributed by atoms with Gasteiger partial charge in [-0.25, -0.2) is 0 Å². The average Bonchev–Trinajstić information content (AvgIpc) is 3.71. The average molecular weight is 815 g/mol. The van der Waals surface area contributed by atoms with Gasteiger partial charge in [0, 0.05) is 33.4 Å². The molecule has 1 aromatic heterocycles. The monoisotopic (exact) mass is 814 g/mol. The Morgan fingerprint density at radius 1 is 0.266 bits per heavy atom. The molecule has 0 N–H and O–H groups in total. The lowest BCUT2D eigenvalue weighted by molar-refractivity contribution is 1.17. The summed E-state index contributed by atoms with van der Waals surface area (Å²) in [6, 6.07) is 92.9. The smallest absolute Gasteiger partial charge is 0.0546 e. The third-order valence-corrected chi connectivity index (χ3v) is 12.8. The van der Waals surface area contributed by atoms with Crippen molar-refractivity contribution < 1.29 is 0 Å². The summed E-state index contributed by atoms with van der Waals surface area (Å²) < 4.78 is 2.41. The maximum Gasteiger partial charge on any atom is 0.0546 e. The molecule has 0 radical (unpaired) electrons. The van der Waals surface area contributed by atoms with E-state index in [0.29, 0.717) is 0 Å². The summed E-state index contributed by atoms with van der Waals surface area (Å²) in [5.74, 6) is 0. The molecule has 2 heteroatoms. The highest BCUT2D eigenvalue weighted by atomic mass is 15.1. The zero-order valence-corrected chi connectivity index (χ0v) is 35.1. The highest BCUT2D eigenvalue weighted by Crippen LogP contribution is 2.45. The van der Waals surface area contributed by atoms with Gasteiger partial charge in [0.15, 0.2) is 0 Å². The minimum Gasteiger partial charge on any atom is -0.310 e. The molecule has 0 atom stereocenters. The summed E-state index contributed by atoms with van der Waals surface area (Å²) in [5.41, 5.74) is 16.1. The molecule has 0 bridgehead atoms. The maximum atomic E-state index is 2.45. The van der Waals surface area contributed by atoms with Crippen molar-refractivity contribution in [3.05, 3.63) is 255 Å². The first-order chi connectivity index (χ1) is 31.7. The normalized spacial score (nSPS) is 11.4. The summed E-state index contributed by atoms with van der Waals surface area (Å²) >= 11 is 0. The number of rotatable bonds is 8. The van der Waals surface area contributed by atoms with E-state index in [1.165, 1.54) is 71.2 Å². The van der Waals surface area contributed by atoms with Crippen molar-refractivity contribution in [1.29, 1.82) is 0 Å². The van der Waals surface area contributed by atoms with Gasteiger partial charge in [-0.15, -0.1) is 0 Å². The van der Waals surface area contributed by atoms with Crippen molar-refractivity contribution >= 4 is 60.4 Å². The van der Waals surface area contributed by atoms with Gasteiger partial charge in [0.25, 0.3) is 0 Å². The van der Waals surface area contributed by atoms with Gasteiger partial charge in [-0.2, -0.15) is 0 Å². The second kappa shape index (κ2) is 15.8. The summed E-state index contributed by atoms with van der Waals surface area (Å²) in [4.78, 5) is 2.45. The Bertz CT molecular complexity index is 3600. The van der Waals surface area contributed by atoms with Crippen molar-refractivity contribution in [2.24, 2.45) is 0 Å². The van der Waals surface area contributed by atoms with Crippen LogP contribution in [0.3, 0.4) is 0 Å². The van der Waals surface area contributed by atoms with Crippen LogP contribution in [0.1, 0.15) is 0 Å². The minimum atomic E-state index is 1.07. The Kier molecular flexibility index (Phi) is 9.20. The molecule has 12 aromatic rings. The molecule has 0 aliphatic carbocycles. The van der Waals surface area contributed by atoms with Gasteiger partial charge in [0.05, 0.1) is 16.7 Å². The van der Waals surface area contributed by atoms with E-state index in [1.807, 2.05) is 0 Å². The molecule has 12 rings (SSSR count). The van der Waals surface area contributed by atoms with E-state index in [2.05, 4.69) is 264 Å². The number of aromatic nitrogens is 1. The highest BCUT2D eigenvalue weighted by molar-refractivity contribution is 6.09. The number of benzene rings is 11. The lowest BCUT2D eigenvalue weighted by Crippen LogP contribution is -2.12. The van der Waals surface area contributed by atoms with E-state index in [0.717, 1.165) is 39.4 Å². The Morgan fingerprint density at radius 2 is 0.734 bits per heavy atom. The lowest BCUT2D eigenvalue weighted by Gasteiger charge is -2.29. The van der Waals surface area contributed by atoms with Gasteiger partial charge in [-0.05, 0) is 121 Å². The topological polar surface area (TPSA) is 8.17 Å². The van der Waals surface area contributed by atoms with Crippen LogP contribution >= 0.6 is 0 Å². The number of para-hydroxylation sites is 2. The van der Waals surface area contributed by atoms with E-state index in [9.17, 15) is 0 Å². The molecule has 64 heavy (non-hydrogen) atoms. The first-order valence-electron chi connectivity index (χ1n) is 22.0. The van der Waals surface area contributed by atoms with E-state index in [4.69, 9.17) is 0 Å². The molecule has 0 spiro atoms. The lowest BCUT2D eigenvalue weighted by atomic mass is 9.94. The molecule has 0 fully saturated rings. The number of fused-ring (bicyclic) bond motifs is 5. The van der Waals surface area contributed by atoms with Crippen LogP contribution in [0.5, 0.6) is 0 Å². The van der Waals surface area contributed by atoms with Crippen LogP contribution in [0.4, 0.5) is 17.1 Å². The van der Waals surface area contributed by atoms with E-state index < -0.39 is 0 Å². The molecule has 0 unspecified atom stereocenters. The van der Waals surface area contributed by atoms with Gasteiger partial charge in [-0.3, -0.25) is 0 Å². The van der Waals surface area contributed by atoms with Crippen molar-refractivity contribution in [2.45, 2.75) is 0 Å². The number of hydrogen-bond donors (Lipinski definition) is 0. The molecule has 11 aromatic carbocycles. The van der Waals surface area contributed by atoms with Gasteiger partial charge >= 0.3 is 0 Å². The van der Waals surface area contributed by atoms with Crippen LogP contribution in [0.25, 0.3) is 93.5 Å². The largest absolute Gasteiger partial charge is 0.310 e. The van der Waals surface area contributed by atoms with Crippen LogP contribution in [-0.4, -0.2) is 4.57 Å². The fourth-order valence-electron chi connectivity index (χ4n) is 9.55. The molecule has 0 aliphatic rings. The Morgan fingerprint density at radius 3 is 1.38 bits per heavy atom. The predicted octanol–water partition coefficient (Wildman–Crippen LogP) is 17.2. The molecule has 0 saturated carbocycles. The van der Waals surface area contributed by atoms with E-state index >= 15 is 0 Å². The minimum absolute atomic E-state index is 1.07. The third-order valence-electron chi connectivity index (χ3n) is 12.8. The summed E-state index contributed by atoms with van der Waals surface area (Å²) in [6.45, 7) is 0. The molecule has 0 aliphatic heterocycles. The van der Waals surface area contributed by atoms with Crippen LogP contribution in [-0.2, 0) is 0 Å². The SMILES string of the molecule is c1ccc(-c2ccc(-c3ccc(N(c4cccc(-n5c6ccccc6c6ccccc65)c4)c4cc(-c5ccc6ccccc6c5)ccc4-c4ccc5ccccc5c4)cc3)cc2)cc1. The zero-order valence-electron chi connectivity index (χ0n) is 35.1. The third kappa shape index (κ3) is 6.70. The van der Waals surface area contributed by atoms with Crippen LogP contribution < -0.4 is 4.90 Å². The second-order valence-corrected chi connectivity index (χ2v) is 16.6. The molecular formula is C62H42N2. The second-order valence-electron chi connectivity index (χ2n) is 16.6. The quantitative estimate of drug-likeness (QED) is 0.148. The summed E-state index contributed by atoms with van der Waals surface area (Å²) in [6.07, 6.45) is 0. The van der Waals surface area contributed by atoms with Gasteiger partial charge in [0.1, 0.15) is 0 Å². The first kappa shape index (κ1) is 37.3. The Hall–Kier alpha value is -8.46. The molecule has 300 valence electrons. The van der Waals surface area contributed by atoms with Crippen molar-refractivity contribution in [3.63, 3.8) is 0 Å².